The van der Waals surface area contributed by atoms with Gasteiger partial charge in [0.05, 0.1) is 12.8 Å². The minimum Gasteiger partial charge on any atom is -0.495 e. The Morgan fingerprint density at radius 2 is 2.05 bits per heavy atom. The Bertz CT molecular complexity index is 601. The second-order valence-corrected chi connectivity index (χ2v) is 5.23. The van der Waals surface area contributed by atoms with Gasteiger partial charge in [-0.3, -0.25) is 0 Å². The van der Waals surface area contributed by atoms with Crippen molar-refractivity contribution in [2.75, 3.05) is 24.3 Å². The molecular formula is C17H24N4O. The van der Waals surface area contributed by atoms with Crippen LogP contribution in [0.3, 0.4) is 0 Å². The summed E-state index contributed by atoms with van der Waals surface area (Å²) in [6.45, 7) is 5.16. The lowest BCUT2D eigenvalue weighted by atomic mass is 10.2. The van der Waals surface area contributed by atoms with E-state index in [0.29, 0.717) is 5.95 Å². The van der Waals surface area contributed by atoms with Crippen LogP contribution in [0.1, 0.15) is 31.7 Å². The standard InChI is InChI=1S/C17H24N4O/c1-4-5-6-10-18-16-9-11-19-17(21-16)20-14-12-13(2)7-8-15(14)22-3/h7-9,11-12H,4-6,10H2,1-3H3,(H2,18,19,20,21). The van der Waals surface area contributed by atoms with E-state index in [9.17, 15) is 0 Å². The maximum Gasteiger partial charge on any atom is 0.229 e. The average molecular weight is 300 g/mol. The Balaban J connectivity index is 2.05. The van der Waals surface area contributed by atoms with Crippen LogP contribution < -0.4 is 15.4 Å². The van der Waals surface area contributed by atoms with E-state index in [4.69, 9.17) is 4.74 Å². The van der Waals surface area contributed by atoms with Crippen molar-refractivity contribution < 1.29 is 4.74 Å². The topological polar surface area (TPSA) is 59.1 Å². The van der Waals surface area contributed by atoms with E-state index in [-0.39, 0.29) is 0 Å². The van der Waals surface area contributed by atoms with Gasteiger partial charge >= 0.3 is 0 Å². The fourth-order valence-corrected chi connectivity index (χ4v) is 2.15. The third kappa shape index (κ3) is 4.62. The van der Waals surface area contributed by atoms with Gasteiger partial charge in [-0.25, -0.2) is 4.98 Å². The summed E-state index contributed by atoms with van der Waals surface area (Å²) in [6, 6.07) is 7.84. The van der Waals surface area contributed by atoms with Crippen LogP contribution in [0.25, 0.3) is 0 Å². The molecule has 22 heavy (non-hydrogen) atoms. The number of hydrogen-bond acceptors (Lipinski definition) is 5. The third-order valence-corrected chi connectivity index (χ3v) is 3.34. The molecule has 0 radical (unpaired) electrons. The first-order valence-electron chi connectivity index (χ1n) is 7.71. The van der Waals surface area contributed by atoms with Crippen LogP contribution in [0, 0.1) is 6.92 Å². The van der Waals surface area contributed by atoms with E-state index >= 15 is 0 Å². The molecule has 2 N–H and O–H groups in total. The normalized spacial score (nSPS) is 10.3. The van der Waals surface area contributed by atoms with Gasteiger partial charge in [-0.2, -0.15) is 4.98 Å². The van der Waals surface area contributed by atoms with Crippen molar-refractivity contribution in [3.8, 4) is 5.75 Å². The van der Waals surface area contributed by atoms with Crippen molar-refractivity contribution in [2.24, 2.45) is 0 Å². The monoisotopic (exact) mass is 300 g/mol. The Morgan fingerprint density at radius 3 is 2.82 bits per heavy atom. The lowest BCUT2D eigenvalue weighted by molar-refractivity contribution is 0.416. The van der Waals surface area contributed by atoms with E-state index in [2.05, 4.69) is 27.5 Å². The number of ether oxygens (including phenoxy) is 1. The number of aromatic nitrogens is 2. The summed E-state index contributed by atoms with van der Waals surface area (Å²) in [5.74, 6) is 2.17. The molecule has 0 saturated heterocycles. The van der Waals surface area contributed by atoms with Crippen LogP contribution >= 0.6 is 0 Å². The molecule has 0 bridgehead atoms. The van der Waals surface area contributed by atoms with Crippen LogP contribution in [0.5, 0.6) is 5.75 Å². The van der Waals surface area contributed by atoms with Gasteiger partial charge < -0.3 is 15.4 Å². The average Bonchev–Trinajstić information content (AvgIpc) is 2.52. The van der Waals surface area contributed by atoms with Gasteiger partial charge in [0.25, 0.3) is 0 Å². The maximum atomic E-state index is 5.36. The molecule has 0 aliphatic heterocycles. The summed E-state index contributed by atoms with van der Waals surface area (Å²) in [4.78, 5) is 8.75. The number of hydrogen-bond donors (Lipinski definition) is 2. The summed E-state index contributed by atoms with van der Waals surface area (Å²) in [6.07, 6.45) is 5.34. The van der Waals surface area contributed by atoms with Crippen molar-refractivity contribution in [3.05, 3.63) is 36.0 Å². The predicted molar refractivity (Wildman–Crippen MR) is 91.1 cm³/mol. The van der Waals surface area contributed by atoms with Gasteiger partial charge in [-0.05, 0) is 37.1 Å². The lowest BCUT2D eigenvalue weighted by Crippen LogP contribution is -2.06. The number of benzene rings is 1. The van der Waals surface area contributed by atoms with Gasteiger partial charge in [0.1, 0.15) is 11.6 Å². The fraction of sp³-hybridized carbons (Fsp3) is 0.412. The molecule has 2 rings (SSSR count). The summed E-state index contributed by atoms with van der Waals surface area (Å²) in [7, 11) is 1.66. The molecule has 2 aromatic rings. The molecule has 1 aromatic heterocycles. The Kier molecular flexibility index (Phi) is 6.01. The Morgan fingerprint density at radius 1 is 1.18 bits per heavy atom. The first kappa shape index (κ1) is 16.1. The number of nitrogens with one attached hydrogen (secondary N) is 2. The van der Waals surface area contributed by atoms with E-state index in [1.165, 1.54) is 12.8 Å². The number of nitrogens with zero attached hydrogens (tertiary/aromatic N) is 2. The zero-order chi connectivity index (χ0) is 15.8. The number of anilines is 3. The smallest absolute Gasteiger partial charge is 0.229 e. The Hall–Kier alpha value is -2.30. The van der Waals surface area contributed by atoms with E-state index < -0.39 is 0 Å². The van der Waals surface area contributed by atoms with Gasteiger partial charge in [-0.1, -0.05) is 25.8 Å². The number of unbranched alkanes of at least 4 members (excludes halogenated alkanes) is 2. The van der Waals surface area contributed by atoms with E-state index in [1.54, 1.807) is 13.3 Å². The number of rotatable bonds is 8. The maximum absolute atomic E-state index is 5.36. The first-order chi connectivity index (χ1) is 10.7. The highest BCUT2D eigenvalue weighted by Crippen LogP contribution is 2.27. The number of methoxy groups -OCH3 is 1. The van der Waals surface area contributed by atoms with Crippen molar-refractivity contribution in [2.45, 2.75) is 33.1 Å². The van der Waals surface area contributed by atoms with Gasteiger partial charge in [-0.15, -0.1) is 0 Å². The summed E-state index contributed by atoms with van der Waals surface area (Å²) < 4.78 is 5.36. The molecule has 0 aliphatic rings. The fourth-order valence-electron chi connectivity index (χ4n) is 2.15. The SMILES string of the molecule is CCCCCNc1ccnc(Nc2cc(C)ccc2OC)n1. The van der Waals surface area contributed by atoms with Crippen LogP contribution in [0.15, 0.2) is 30.5 Å². The molecule has 0 spiro atoms. The molecule has 5 nitrogen and oxygen atoms in total. The minimum atomic E-state index is 0.560. The molecule has 118 valence electrons. The molecule has 1 heterocycles. The van der Waals surface area contributed by atoms with Gasteiger partial charge in [0.15, 0.2) is 0 Å². The third-order valence-electron chi connectivity index (χ3n) is 3.34. The molecule has 1 aromatic carbocycles. The first-order valence-corrected chi connectivity index (χ1v) is 7.71. The van der Waals surface area contributed by atoms with Gasteiger partial charge in [0, 0.05) is 12.7 Å². The van der Waals surface area contributed by atoms with Crippen LogP contribution in [0.2, 0.25) is 0 Å². The molecule has 0 fully saturated rings. The van der Waals surface area contributed by atoms with Crippen molar-refractivity contribution in [1.82, 2.24) is 9.97 Å². The quantitative estimate of drug-likeness (QED) is 0.718. The van der Waals surface area contributed by atoms with Crippen LogP contribution in [-0.2, 0) is 0 Å². The summed E-state index contributed by atoms with van der Waals surface area (Å²) in [5, 5.41) is 6.54. The largest absolute Gasteiger partial charge is 0.495 e. The molecule has 0 unspecified atom stereocenters. The van der Waals surface area contributed by atoms with E-state index in [0.717, 1.165) is 35.8 Å². The van der Waals surface area contributed by atoms with Crippen molar-refractivity contribution >= 4 is 17.5 Å². The highest BCUT2D eigenvalue weighted by Gasteiger charge is 2.06. The van der Waals surface area contributed by atoms with Crippen molar-refractivity contribution in [1.29, 1.82) is 0 Å². The minimum absolute atomic E-state index is 0.560. The summed E-state index contributed by atoms with van der Waals surface area (Å²) >= 11 is 0. The van der Waals surface area contributed by atoms with Crippen LogP contribution in [0.4, 0.5) is 17.5 Å². The second kappa shape index (κ2) is 8.22. The molecule has 0 amide bonds. The van der Waals surface area contributed by atoms with E-state index in [1.807, 2.05) is 31.2 Å². The molecular weight excluding hydrogens is 276 g/mol. The summed E-state index contributed by atoms with van der Waals surface area (Å²) in [5.41, 5.74) is 2.02. The van der Waals surface area contributed by atoms with Gasteiger partial charge in [0.2, 0.25) is 5.95 Å². The molecule has 0 aliphatic carbocycles. The second-order valence-electron chi connectivity index (χ2n) is 5.23. The molecule has 0 atom stereocenters. The lowest BCUT2D eigenvalue weighted by Gasteiger charge is -2.12. The van der Waals surface area contributed by atoms with Crippen LogP contribution in [-0.4, -0.2) is 23.6 Å². The zero-order valence-corrected chi connectivity index (χ0v) is 13.5. The highest BCUT2D eigenvalue weighted by molar-refractivity contribution is 5.64. The molecule has 5 heteroatoms. The van der Waals surface area contributed by atoms with Crippen molar-refractivity contribution in [3.63, 3.8) is 0 Å². The zero-order valence-electron chi connectivity index (χ0n) is 13.5. The highest BCUT2D eigenvalue weighted by atomic mass is 16.5. The molecule has 0 saturated carbocycles. The number of aryl methyl sites for hydroxylation is 1. The predicted octanol–water partition coefficient (Wildman–Crippen LogP) is 4.14. The Labute approximate surface area is 132 Å².